The topological polar surface area (TPSA) is 79.6 Å². The van der Waals surface area contributed by atoms with E-state index in [1.165, 1.54) is 0 Å². The van der Waals surface area contributed by atoms with Gasteiger partial charge in [-0.3, -0.25) is 4.79 Å². The molecule has 7 heteroatoms. The van der Waals surface area contributed by atoms with Gasteiger partial charge in [0.2, 0.25) is 15.9 Å². The number of carbonyl (C=O) groups is 1. The second-order valence-corrected chi connectivity index (χ2v) is 11.0. The molecule has 1 aliphatic rings. The molecule has 0 atom stereocenters. The molecule has 0 aliphatic carbocycles. The lowest BCUT2D eigenvalue weighted by Crippen LogP contribution is -2.42. The van der Waals surface area contributed by atoms with Crippen LogP contribution in [0.5, 0.6) is 0 Å². The van der Waals surface area contributed by atoms with Gasteiger partial charge in [0.25, 0.3) is 0 Å². The zero-order chi connectivity index (χ0) is 23.5. The number of carbonyl (C=O) groups excluding carboxylic acids is 1. The maximum atomic E-state index is 12.9. The van der Waals surface area contributed by atoms with Gasteiger partial charge in [0, 0.05) is 41.5 Å². The molecule has 6 nitrogen and oxygen atoms in total. The van der Waals surface area contributed by atoms with Crippen LogP contribution in [0, 0.1) is 5.92 Å². The Balaban J connectivity index is 1.15. The van der Waals surface area contributed by atoms with Crippen molar-refractivity contribution in [3.63, 3.8) is 0 Å². The molecule has 34 heavy (non-hydrogen) atoms. The van der Waals surface area contributed by atoms with Gasteiger partial charge in [0.05, 0.1) is 5.75 Å². The molecule has 1 saturated heterocycles. The van der Waals surface area contributed by atoms with Crippen molar-refractivity contribution in [3.05, 3.63) is 78.4 Å². The molecule has 3 aromatic carbocycles. The van der Waals surface area contributed by atoms with E-state index < -0.39 is 10.0 Å². The number of hydrogen-bond donors (Lipinski definition) is 1. The molecule has 0 saturated carbocycles. The predicted molar refractivity (Wildman–Crippen MR) is 135 cm³/mol. The number of sulfonamides is 1. The first-order chi connectivity index (χ1) is 16.5. The maximum Gasteiger partial charge on any atom is 0.227 e. The van der Waals surface area contributed by atoms with E-state index in [1.54, 1.807) is 4.31 Å². The molecule has 5 rings (SSSR count). The average molecular weight is 477 g/mol. The van der Waals surface area contributed by atoms with Gasteiger partial charge in [-0.2, -0.15) is 0 Å². The second-order valence-electron chi connectivity index (χ2n) is 8.88. The molecule has 0 bridgehead atoms. The van der Waals surface area contributed by atoms with Crippen LogP contribution < -0.4 is 5.32 Å². The Hall–Kier alpha value is -3.16. The summed E-state index contributed by atoms with van der Waals surface area (Å²) < 4.78 is 33.0. The Morgan fingerprint density at radius 1 is 0.912 bits per heavy atom. The van der Waals surface area contributed by atoms with Crippen molar-refractivity contribution in [1.82, 2.24) is 4.31 Å². The van der Waals surface area contributed by atoms with Gasteiger partial charge in [-0.15, -0.1) is 0 Å². The first kappa shape index (κ1) is 22.6. The first-order valence-electron chi connectivity index (χ1n) is 11.7. The highest BCUT2D eigenvalue weighted by Gasteiger charge is 2.31. The van der Waals surface area contributed by atoms with Crippen molar-refractivity contribution in [2.75, 3.05) is 24.2 Å². The van der Waals surface area contributed by atoms with Crippen molar-refractivity contribution < 1.29 is 17.6 Å². The second kappa shape index (κ2) is 9.60. The van der Waals surface area contributed by atoms with E-state index >= 15 is 0 Å². The third-order valence-electron chi connectivity index (χ3n) is 6.57. The van der Waals surface area contributed by atoms with E-state index in [2.05, 4.69) is 5.32 Å². The van der Waals surface area contributed by atoms with E-state index in [4.69, 9.17) is 4.42 Å². The molecule has 2 heterocycles. The Morgan fingerprint density at radius 2 is 1.62 bits per heavy atom. The van der Waals surface area contributed by atoms with E-state index in [0.717, 1.165) is 33.9 Å². The average Bonchev–Trinajstić information content (AvgIpc) is 3.22. The van der Waals surface area contributed by atoms with E-state index in [0.29, 0.717) is 38.0 Å². The number of hydrogen-bond acceptors (Lipinski definition) is 4. The highest BCUT2D eigenvalue weighted by molar-refractivity contribution is 7.89. The lowest BCUT2D eigenvalue weighted by atomic mass is 9.97. The standard InChI is InChI=1S/C27H28N2O4S/c30-27(28-22-12-13-24-23-10-4-5-11-25(23)33-26(24)19-22)21-14-16-29(17-15-21)34(31,32)18-6-9-20-7-2-1-3-8-20/h1-5,7-8,10-13,19,21H,6,9,14-18H2,(H,28,30). The van der Waals surface area contributed by atoms with Gasteiger partial charge in [0.1, 0.15) is 11.2 Å². The number of furan rings is 1. The number of nitrogens with one attached hydrogen (secondary N) is 1. The number of rotatable bonds is 7. The van der Waals surface area contributed by atoms with Gasteiger partial charge in [-0.1, -0.05) is 48.5 Å². The molecular weight excluding hydrogens is 448 g/mol. The van der Waals surface area contributed by atoms with Crippen LogP contribution in [0.25, 0.3) is 21.9 Å². The fraction of sp³-hybridized carbons (Fsp3) is 0.296. The summed E-state index contributed by atoms with van der Waals surface area (Å²) in [4.78, 5) is 12.9. The molecular formula is C27H28N2O4S. The SMILES string of the molecule is O=C(Nc1ccc2c(c1)oc1ccccc12)C1CCN(S(=O)(=O)CCCc2ccccc2)CC1. The van der Waals surface area contributed by atoms with Crippen LogP contribution >= 0.6 is 0 Å². The Kier molecular flexibility index (Phi) is 6.39. The first-order valence-corrected chi connectivity index (χ1v) is 13.3. The number of piperidine rings is 1. The summed E-state index contributed by atoms with van der Waals surface area (Å²) in [5.41, 5.74) is 3.38. The van der Waals surface area contributed by atoms with Crippen molar-refractivity contribution in [1.29, 1.82) is 0 Å². The fourth-order valence-corrected chi connectivity index (χ4v) is 6.21. The summed E-state index contributed by atoms with van der Waals surface area (Å²) in [6, 6.07) is 23.5. The molecule has 1 fully saturated rings. The lowest BCUT2D eigenvalue weighted by molar-refractivity contribution is -0.120. The third kappa shape index (κ3) is 4.86. The summed E-state index contributed by atoms with van der Waals surface area (Å²) in [7, 11) is -3.31. The van der Waals surface area contributed by atoms with Crippen molar-refractivity contribution >= 4 is 43.6 Å². The molecule has 0 spiro atoms. The molecule has 1 amide bonds. The van der Waals surface area contributed by atoms with Crippen LogP contribution in [-0.4, -0.2) is 37.5 Å². The van der Waals surface area contributed by atoms with Gasteiger partial charge in [-0.25, -0.2) is 12.7 Å². The summed E-state index contributed by atoms with van der Waals surface area (Å²) in [6.07, 6.45) is 2.39. The number of aryl methyl sites for hydroxylation is 1. The van der Waals surface area contributed by atoms with E-state index in [1.807, 2.05) is 72.8 Å². The lowest BCUT2D eigenvalue weighted by Gasteiger charge is -2.30. The van der Waals surface area contributed by atoms with Gasteiger partial charge in [-0.05, 0) is 49.4 Å². The third-order valence-corrected chi connectivity index (χ3v) is 8.53. The van der Waals surface area contributed by atoms with Crippen LogP contribution in [0.3, 0.4) is 0 Å². The number of benzene rings is 3. The van der Waals surface area contributed by atoms with Crippen LogP contribution in [0.1, 0.15) is 24.8 Å². The molecule has 0 radical (unpaired) electrons. The number of nitrogens with zero attached hydrogens (tertiary/aromatic N) is 1. The molecule has 4 aromatic rings. The van der Waals surface area contributed by atoms with Crippen LogP contribution in [0.4, 0.5) is 5.69 Å². The molecule has 0 unspecified atom stereocenters. The monoisotopic (exact) mass is 476 g/mol. The van der Waals surface area contributed by atoms with Gasteiger partial charge >= 0.3 is 0 Å². The zero-order valence-electron chi connectivity index (χ0n) is 18.9. The summed E-state index contributed by atoms with van der Waals surface area (Å²) >= 11 is 0. The van der Waals surface area contributed by atoms with Crippen LogP contribution in [-0.2, 0) is 21.2 Å². The zero-order valence-corrected chi connectivity index (χ0v) is 19.8. The number of amides is 1. The minimum atomic E-state index is -3.31. The highest BCUT2D eigenvalue weighted by atomic mass is 32.2. The Bertz CT molecular complexity index is 1400. The minimum absolute atomic E-state index is 0.0726. The van der Waals surface area contributed by atoms with Gasteiger partial charge < -0.3 is 9.73 Å². The predicted octanol–water partition coefficient (Wildman–Crippen LogP) is 5.20. The molecule has 1 aromatic heterocycles. The van der Waals surface area contributed by atoms with Crippen LogP contribution in [0.2, 0.25) is 0 Å². The summed E-state index contributed by atoms with van der Waals surface area (Å²) in [6.45, 7) is 0.767. The van der Waals surface area contributed by atoms with E-state index in [-0.39, 0.29) is 17.6 Å². The quantitative estimate of drug-likeness (QED) is 0.398. The number of fused-ring (bicyclic) bond motifs is 3. The fourth-order valence-electron chi connectivity index (χ4n) is 4.68. The molecule has 1 aliphatic heterocycles. The Morgan fingerprint density at radius 3 is 2.41 bits per heavy atom. The summed E-state index contributed by atoms with van der Waals surface area (Å²) in [5, 5.41) is 5.05. The Labute approximate surface area is 199 Å². The van der Waals surface area contributed by atoms with Crippen molar-refractivity contribution in [2.45, 2.75) is 25.7 Å². The number of anilines is 1. The molecule has 1 N–H and O–H groups in total. The van der Waals surface area contributed by atoms with Crippen LogP contribution in [0.15, 0.2) is 77.2 Å². The van der Waals surface area contributed by atoms with E-state index in [9.17, 15) is 13.2 Å². The largest absolute Gasteiger partial charge is 0.456 e. The van der Waals surface area contributed by atoms with Crippen molar-refractivity contribution in [3.8, 4) is 0 Å². The maximum absolute atomic E-state index is 12.9. The highest BCUT2D eigenvalue weighted by Crippen LogP contribution is 2.31. The number of para-hydroxylation sites is 1. The normalized spacial score (nSPS) is 15.6. The smallest absolute Gasteiger partial charge is 0.227 e. The molecule has 176 valence electrons. The summed E-state index contributed by atoms with van der Waals surface area (Å²) in [5.74, 6) is -0.144. The minimum Gasteiger partial charge on any atom is -0.456 e. The van der Waals surface area contributed by atoms with Crippen molar-refractivity contribution in [2.24, 2.45) is 5.92 Å². The van der Waals surface area contributed by atoms with Gasteiger partial charge in [0.15, 0.2) is 0 Å².